The SMILES string of the molecule is CC(C)(O)C1(C)CCC2=C(Cc3c(C(N)=O)cc(Cl)c(Br)c32)C1. The molecule has 1 aromatic carbocycles. The Hall–Kier alpha value is -0.840. The molecule has 1 amide bonds. The third-order valence-corrected chi connectivity index (χ3v) is 7.07. The fourth-order valence-electron chi connectivity index (χ4n) is 3.83. The number of carbonyl (C=O) groups is 1. The Bertz CT molecular complexity index is 748. The largest absolute Gasteiger partial charge is 0.390 e. The van der Waals surface area contributed by atoms with E-state index in [1.807, 2.05) is 13.8 Å². The molecule has 1 unspecified atom stereocenters. The first-order valence-electron chi connectivity index (χ1n) is 7.79. The fourth-order valence-corrected chi connectivity index (χ4v) is 4.63. The Morgan fingerprint density at radius 3 is 2.70 bits per heavy atom. The third kappa shape index (κ3) is 2.55. The molecular weight excluding hydrogens is 378 g/mol. The van der Waals surface area contributed by atoms with Crippen LogP contribution in [0.2, 0.25) is 5.02 Å². The molecule has 0 aliphatic heterocycles. The second-order valence-corrected chi connectivity index (χ2v) is 8.69. The Labute approximate surface area is 150 Å². The molecule has 3 N–H and O–H groups in total. The highest BCUT2D eigenvalue weighted by molar-refractivity contribution is 9.10. The van der Waals surface area contributed by atoms with Gasteiger partial charge in [0.05, 0.1) is 10.6 Å². The van der Waals surface area contributed by atoms with Gasteiger partial charge >= 0.3 is 0 Å². The molecular formula is C18H21BrClNO2. The highest BCUT2D eigenvalue weighted by Gasteiger charge is 2.45. The van der Waals surface area contributed by atoms with Crippen molar-refractivity contribution in [2.24, 2.45) is 11.1 Å². The van der Waals surface area contributed by atoms with Gasteiger partial charge in [-0.05, 0) is 83.6 Å². The molecule has 23 heavy (non-hydrogen) atoms. The summed E-state index contributed by atoms with van der Waals surface area (Å²) in [6.07, 6.45) is 3.31. The minimum atomic E-state index is -0.748. The first-order chi connectivity index (χ1) is 10.5. The molecule has 0 bridgehead atoms. The number of hydrogen-bond acceptors (Lipinski definition) is 2. The molecule has 0 spiro atoms. The van der Waals surface area contributed by atoms with Gasteiger partial charge in [0.25, 0.3) is 0 Å². The summed E-state index contributed by atoms with van der Waals surface area (Å²) < 4.78 is 0.844. The van der Waals surface area contributed by atoms with Crippen LogP contribution in [0.25, 0.3) is 5.57 Å². The van der Waals surface area contributed by atoms with Crippen molar-refractivity contribution in [1.82, 2.24) is 0 Å². The van der Waals surface area contributed by atoms with E-state index in [9.17, 15) is 9.90 Å². The van der Waals surface area contributed by atoms with Gasteiger partial charge in [-0.25, -0.2) is 0 Å². The smallest absolute Gasteiger partial charge is 0.249 e. The molecule has 1 atom stereocenters. The van der Waals surface area contributed by atoms with E-state index in [-0.39, 0.29) is 5.41 Å². The number of fused-ring (bicyclic) bond motifs is 2. The molecule has 0 aromatic heterocycles. The quantitative estimate of drug-likeness (QED) is 0.772. The van der Waals surface area contributed by atoms with E-state index in [0.717, 1.165) is 34.9 Å². The molecule has 124 valence electrons. The van der Waals surface area contributed by atoms with Gasteiger partial charge < -0.3 is 10.8 Å². The first kappa shape index (κ1) is 17.0. The number of nitrogens with two attached hydrogens (primary N) is 1. The van der Waals surface area contributed by atoms with Crippen LogP contribution in [-0.2, 0) is 6.42 Å². The van der Waals surface area contributed by atoms with Gasteiger partial charge in [-0.15, -0.1) is 0 Å². The Morgan fingerprint density at radius 1 is 1.48 bits per heavy atom. The highest BCUT2D eigenvalue weighted by atomic mass is 79.9. The van der Waals surface area contributed by atoms with Gasteiger partial charge in [0.15, 0.2) is 0 Å². The maximum absolute atomic E-state index is 11.8. The number of allylic oxidation sites excluding steroid dienone is 2. The van der Waals surface area contributed by atoms with Crippen LogP contribution >= 0.6 is 27.5 Å². The van der Waals surface area contributed by atoms with Gasteiger partial charge in [0.2, 0.25) is 5.91 Å². The number of carbonyl (C=O) groups excluding carboxylic acids is 1. The lowest BCUT2D eigenvalue weighted by Gasteiger charge is -2.44. The highest BCUT2D eigenvalue weighted by Crippen LogP contribution is 2.54. The number of amides is 1. The number of halogens is 2. The van der Waals surface area contributed by atoms with Crippen LogP contribution in [0.4, 0.5) is 0 Å². The van der Waals surface area contributed by atoms with Crippen molar-refractivity contribution in [2.75, 3.05) is 0 Å². The molecule has 0 fully saturated rings. The molecule has 1 aromatic rings. The Morgan fingerprint density at radius 2 is 2.13 bits per heavy atom. The van der Waals surface area contributed by atoms with Crippen molar-refractivity contribution in [3.63, 3.8) is 0 Å². The van der Waals surface area contributed by atoms with E-state index >= 15 is 0 Å². The van der Waals surface area contributed by atoms with Crippen molar-refractivity contribution < 1.29 is 9.90 Å². The van der Waals surface area contributed by atoms with Crippen LogP contribution < -0.4 is 5.73 Å². The van der Waals surface area contributed by atoms with Crippen LogP contribution in [0.5, 0.6) is 0 Å². The first-order valence-corrected chi connectivity index (χ1v) is 8.96. The van der Waals surface area contributed by atoms with Crippen LogP contribution in [0.15, 0.2) is 16.1 Å². The summed E-state index contributed by atoms with van der Waals surface area (Å²) in [6, 6.07) is 1.65. The minimum absolute atomic E-state index is 0.170. The number of aliphatic hydroxyl groups is 1. The van der Waals surface area contributed by atoms with E-state index in [1.165, 1.54) is 11.1 Å². The molecule has 2 aliphatic carbocycles. The lowest BCUT2D eigenvalue weighted by Crippen LogP contribution is -2.42. The average Bonchev–Trinajstić information content (AvgIpc) is 2.79. The summed E-state index contributed by atoms with van der Waals surface area (Å²) in [5, 5.41) is 11.1. The van der Waals surface area contributed by atoms with Gasteiger partial charge in [0, 0.05) is 10.0 Å². The van der Waals surface area contributed by atoms with Crippen molar-refractivity contribution in [3.8, 4) is 0 Å². The summed E-state index contributed by atoms with van der Waals surface area (Å²) in [5.41, 5.74) is 9.70. The van der Waals surface area contributed by atoms with Crippen molar-refractivity contribution in [1.29, 1.82) is 0 Å². The molecule has 3 nitrogen and oxygen atoms in total. The average molecular weight is 399 g/mol. The predicted molar refractivity (Wildman–Crippen MR) is 96.5 cm³/mol. The lowest BCUT2D eigenvalue weighted by molar-refractivity contribution is -0.0515. The Balaban J connectivity index is 2.11. The summed E-state index contributed by atoms with van der Waals surface area (Å²) in [7, 11) is 0. The van der Waals surface area contributed by atoms with E-state index in [4.69, 9.17) is 17.3 Å². The number of hydrogen-bond donors (Lipinski definition) is 2. The minimum Gasteiger partial charge on any atom is -0.390 e. The van der Waals surface area contributed by atoms with Gasteiger partial charge in [-0.3, -0.25) is 4.79 Å². The van der Waals surface area contributed by atoms with Crippen LogP contribution in [0, 0.1) is 5.41 Å². The molecule has 0 saturated carbocycles. The van der Waals surface area contributed by atoms with Crippen molar-refractivity contribution >= 4 is 39.0 Å². The molecule has 0 saturated heterocycles. The second-order valence-electron chi connectivity index (χ2n) is 7.49. The fraction of sp³-hybridized carbons (Fsp3) is 0.500. The number of primary amides is 1. The van der Waals surface area contributed by atoms with E-state index in [0.29, 0.717) is 17.0 Å². The van der Waals surface area contributed by atoms with E-state index in [2.05, 4.69) is 22.9 Å². The van der Waals surface area contributed by atoms with E-state index < -0.39 is 11.5 Å². The number of rotatable bonds is 2. The Kier molecular flexibility index (Phi) is 3.94. The van der Waals surface area contributed by atoms with Crippen molar-refractivity contribution in [3.05, 3.63) is 37.8 Å². The summed E-state index contributed by atoms with van der Waals surface area (Å²) >= 11 is 9.86. The lowest BCUT2D eigenvalue weighted by atomic mass is 9.64. The zero-order valence-electron chi connectivity index (χ0n) is 13.6. The van der Waals surface area contributed by atoms with E-state index in [1.54, 1.807) is 6.07 Å². The van der Waals surface area contributed by atoms with Crippen LogP contribution in [-0.4, -0.2) is 16.6 Å². The second kappa shape index (κ2) is 5.33. The monoisotopic (exact) mass is 397 g/mol. The maximum Gasteiger partial charge on any atom is 0.249 e. The molecule has 2 aliphatic rings. The zero-order chi connectivity index (χ0) is 17.2. The topological polar surface area (TPSA) is 63.3 Å². The number of benzene rings is 1. The van der Waals surface area contributed by atoms with Gasteiger partial charge in [-0.2, -0.15) is 0 Å². The molecule has 0 heterocycles. The normalized spacial score (nSPS) is 23.7. The summed E-state index contributed by atoms with van der Waals surface area (Å²) in [6.45, 7) is 5.89. The molecule has 3 rings (SSSR count). The van der Waals surface area contributed by atoms with Gasteiger partial charge in [0.1, 0.15) is 0 Å². The summed E-state index contributed by atoms with van der Waals surface area (Å²) in [4.78, 5) is 11.8. The third-order valence-electron chi connectivity index (χ3n) is 5.72. The van der Waals surface area contributed by atoms with Gasteiger partial charge in [-0.1, -0.05) is 24.1 Å². The summed E-state index contributed by atoms with van der Waals surface area (Å²) in [5.74, 6) is -0.444. The maximum atomic E-state index is 11.8. The predicted octanol–water partition coefficient (Wildman–Crippen LogP) is 4.47. The van der Waals surface area contributed by atoms with Crippen LogP contribution in [0.3, 0.4) is 0 Å². The van der Waals surface area contributed by atoms with Crippen molar-refractivity contribution in [2.45, 2.75) is 52.1 Å². The molecule has 5 heteroatoms. The standard InChI is InChI=1S/C18H21BrClNO2/c1-17(2,23)18(3)5-4-10-9(8-18)6-11-12(16(21)22)7-13(20)15(19)14(10)11/h7,23H,4-6,8H2,1-3H3,(H2,21,22). The molecule has 0 radical (unpaired) electrons. The van der Waals surface area contributed by atoms with Crippen LogP contribution in [0.1, 0.15) is 61.5 Å². The zero-order valence-corrected chi connectivity index (χ0v) is 15.9.